The summed E-state index contributed by atoms with van der Waals surface area (Å²) in [5.41, 5.74) is 0.865. The van der Waals surface area contributed by atoms with Crippen LogP contribution in [0.5, 0.6) is 0 Å². The van der Waals surface area contributed by atoms with Gasteiger partial charge in [-0.2, -0.15) is 0 Å². The SMILES string of the molecule is CC(C)C[C@@H](NC(=O)C1CCCN1C(=O)OCc1ccccc1)C(=O)O. The lowest BCUT2D eigenvalue weighted by atomic mass is 10.0. The van der Waals surface area contributed by atoms with Crippen LogP contribution in [-0.4, -0.2) is 46.6 Å². The zero-order valence-corrected chi connectivity index (χ0v) is 15.2. The van der Waals surface area contributed by atoms with Crippen LogP contribution in [-0.2, 0) is 20.9 Å². The zero-order valence-electron chi connectivity index (χ0n) is 15.2. The summed E-state index contributed by atoms with van der Waals surface area (Å²) in [5.74, 6) is -1.37. The highest BCUT2D eigenvalue weighted by Gasteiger charge is 2.36. The summed E-state index contributed by atoms with van der Waals surface area (Å²) in [6.45, 7) is 4.35. The topological polar surface area (TPSA) is 95.9 Å². The molecule has 0 radical (unpaired) electrons. The Labute approximate surface area is 153 Å². The molecule has 0 bridgehead atoms. The lowest BCUT2D eigenvalue weighted by molar-refractivity contribution is -0.142. The number of nitrogens with zero attached hydrogens (tertiary/aromatic N) is 1. The van der Waals surface area contributed by atoms with Gasteiger partial charge in [0, 0.05) is 6.54 Å². The lowest BCUT2D eigenvalue weighted by Gasteiger charge is -2.25. The number of hydrogen-bond acceptors (Lipinski definition) is 4. The Morgan fingerprint density at radius 2 is 1.96 bits per heavy atom. The van der Waals surface area contributed by atoms with Gasteiger partial charge in [-0.1, -0.05) is 44.2 Å². The third-order valence-electron chi connectivity index (χ3n) is 4.32. The first-order valence-corrected chi connectivity index (χ1v) is 8.89. The summed E-state index contributed by atoms with van der Waals surface area (Å²) < 4.78 is 5.30. The van der Waals surface area contributed by atoms with Gasteiger partial charge in [-0.05, 0) is 30.7 Å². The van der Waals surface area contributed by atoms with E-state index in [-0.39, 0.29) is 12.5 Å². The molecule has 1 unspecified atom stereocenters. The molecule has 1 aliphatic heterocycles. The van der Waals surface area contributed by atoms with Gasteiger partial charge in [-0.25, -0.2) is 9.59 Å². The van der Waals surface area contributed by atoms with Crippen LogP contribution in [0, 0.1) is 5.92 Å². The minimum atomic E-state index is -1.07. The van der Waals surface area contributed by atoms with E-state index in [1.807, 2.05) is 44.2 Å². The van der Waals surface area contributed by atoms with E-state index < -0.39 is 30.1 Å². The number of likely N-dealkylation sites (tertiary alicyclic amines) is 1. The first-order chi connectivity index (χ1) is 12.4. The summed E-state index contributed by atoms with van der Waals surface area (Å²) in [5, 5.41) is 11.8. The standard InChI is InChI=1S/C19H26N2O5/c1-13(2)11-15(18(23)24)20-17(22)16-9-6-10-21(16)19(25)26-12-14-7-4-3-5-8-14/h3-5,7-8,13,15-16H,6,9-12H2,1-2H3,(H,20,22)(H,23,24)/t15-,16?/m1/s1. The van der Waals surface area contributed by atoms with E-state index in [1.165, 1.54) is 4.90 Å². The van der Waals surface area contributed by atoms with Gasteiger partial charge in [0.25, 0.3) is 0 Å². The fourth-order valence-electron chi connectivity index (χ4n) is 3.02. The van der Waals surface area contributed by atoms with Gasteiger partial charge in [0.2, 0.25) is 5.91 Å². The van der Waals surface area contributed by atoms with Crippen LogP contribution < -0.4 is 5.32 Å². The second-order valence-corrected chi connectivity index (χ2v) is 6.92. The minimum Gasteiger partial charge on any atom is -0.480 e. The number of carbonyl (C=O) groups is 3. The molecular formula is C19H26N2O5. The molecule has 1 aliphatic rings. The van der Waals surface area contributed by atoms with Crippen molar-refractivity contribution in [1.82, 2.24) is 10.2 Å². The predicted molar refractivity (Wildman–Crippen MR) is 95.4 cm³/mol. The monoisotopic (exact) mass is 362 g/mol. The number of carboxylic acids is 1. The van der Waals surface area contributed by atoms with Crippen molar-refractivity contribution < 1.29 is 24.2 Å². The molecule has 0 spiro atoms. The van der Waals surface area contributed by atoms with Crippen molar-refractivity contribution >= 4 is 18.0 Å². The van der Waals surface area contributed by atoms with Crippen molar-refractivity contribution in [3.8, 4) is 0 Å². The number of rotatable bonds is 7. The molecule has 2 atom stereocenters. The van der Waals surface area contributed by atoms with Crippen LogP contribution in [0.3, 0.4) is 0 Å². The molecule has 7 nitrogen and oxygen atoms in total. The molecule has 26 heavy (non-hydrogen) atoms. The summed E-state index contributed by atoms with van der Waals surface area (Å²) >= 11 is 0. The molecule has 1 aromatic carbocycles. The number of carboxylic acid groups (broad SMARTS) is 1. The third-order valence-corrected chi connectivity index (χ3v) is 4.32. The van der Waals surface area contributed by atoms with Gasteiger partial charge >= 0.3 is 12.1 Å². The normalized spacial score (nSPS) is 17.8. The van der Waals surface area contributed by atoms with Crippen LogP contribution in [0.2, 0.25) is 0 Å². The predicted octanol–water partition coefficient (Wildman–Crippen LogP) is 2.40. The molecule has 1 heterocycles. The van der Waals surface area contributed by atoms with E-state index in [0.717, 1.165) is 5.56 Å². The summed E-state index contributed by atoms with van der Waals surface area (Å²) in [7, 11) is 0. The zero-order chi connectivity index (χ0) is 19.1. The van der Waals surface area contributed by atoms with Crippen LogP contribution in [0.15, 0.2) is 30.3 Å². The lowest BCUT2D eigenvalue weighted by Crippen LogP contribution is -2.51. The van der Waals surface area contributed by atoms with Gasteiger partial charge in [0.05, 0.1) is 0 Å². The van der Waals surface area contributed by atoms with E-state index in [2.05, 4.69) is 5.32 Å². The maximum Gasteiger partial charge on any atom is 0.410 e. The van der Waals surface area contributed by atoms with Crippen molar-refractivity contribution in [3.63, 3.8) is 0 Å². The number of ether oxygens (including phenoxy) is 1. The first-order valence-electron chi connectivity index (χ1n) is 8.89. The minimum absolute atomic E-state index is 0.131. The summed E-state index contributed by atoms with van der Waals surface area (Å²) in [6.07, 6.45) is 0.967. The second kappa shape index (κ2) is 9.22. The van der Waals surface area contributed by atoms with Crippen LogP contribution in [0.4, 0.5) is 4.79 Å². The molecule has 2 amide bonds. The molecule has 2 N–H and O–H groups in total. The van der Waals surface area contributed by atoms with Gasteiger partial charge < -0.3 is 15.2 Å². The van der Waals surface area contributed by atoms with Gasteiger partial charge in [0.1, 0.15) is 18.7 Å². The Kier molecular flexibility index (Phi) is 7.00. The van der Waals surface area contributed by atoms with Crippen molar-refractivity contribution in [1.29, 1.82) is 0 Å². The van der Waals surface area contributed by atoms with E-state index in [9.17, 15) is 19.5 Å². The second-order valence-electron chi connectivity index (χ2n) is 6.92. The number of carbonyl (C=O) groups excluding carboxylic acids is 2. The number of nitrogens with one attached hydrogen (secondary N) is 1. The maximum atomic E-state index is 12.5. The van der Waals surface area contributed by atoms with Crippen molar-refractivity contribution in [3.05, 3.63) is 35.9 Å². The molecule has 1 saturated heterocycles. The fourth-order valence-corrected chi connectivity index (χ4v) is 3.02. The smallest absolute Gasteiger partial charge is 0.410 e. The number of hydrogen-bond donors (Lipinski definition) is 2. The van der Waals surface area contributed by atoms with Crippen LogP contribution in [0.25, 0.3) is 0 Å². The number of amides is 2. The van der Waals surface area contributed by atoms with E-state index >= 15 is 0 Å². The third kappa shape index (κ3) is 5.47. The quantitative estimate of drug-likeness (QED) is 0.776. The van der Waals surface area contributed by atoms with Crippen molar-refractivity contribution in [2.24, 2.45) is 5.92 Å². The van der Waals surface area contributed by atoms with Crippen LogP contribution >= 0.6 is 0 Å². The number of aliphatic carboxylic acids is 1. The Morgan fingerprint density at radius 3 is 2.58 bits per heavy atom. The number of benzene rings is 1. The average Bonchev–Trinajstić information content (AvgIpc) is 3.09. The van der Waals surface area contributed by atoms with E-state index in [1.54, 1.807) is 0 Å². The Morgan fingerprint density at radius 1 is 1.27 bits per heavy atom. The van der Waals surface area contributed by atoms with Crippen molar-refractivity contribution in [2.75, 3.05) is 6.54 Å². The maximum absolute atomic E-state index is 12.5. The molecule has 2 rings (SSSR count). The first kappa shape index (κ1) is 19.8. The van der Waals surface area contributed by atoms with Gasteiger partial charge in [-0.15, -0.1) is 0 Å². The highest BCUT2D eigenvalue weighted by molar-refractivity contribution is 5.89. The Balaban J connectivity index is 1.94. The Hall–Kier alpha value is -2.57. The molecule has 142 valence electrons. The fraction of sp³-hybridized carbons (Fsp3) is 0.526. The highest BCUT2D eigenvalue weighted by atomic mass is 16.6. The average molecular weight is 362 g/mol. The van der Waals surface area contributed by atoms with Crippen LogP contribution in [0.1, 0.15) is 38.7 Å². The van der Waals surface area contributed by atoms with E-state index in [0.29, 0.717) is 25.8 Å². The van der Waals surface area contributed by atoms with Crippen molar-refractivity contribution in [2.45, 2.75) is 51.8 Å². The molecule has 1 fully saturated rings. The summed E-state index contributed by atoms with van der Waals surface area (Å²) in [6, 6.07) is 7.65. The highest BCUT2D eigenvalue weighted by Crippen LogP contribution is 2.19. The van der Waals surface area contributed by atoms with E-state index in [4.69, 9.17) is 4.74 Å². The largest absolute Gasteiger partial charge is 0.480 e. The molecule has 7 heteroatoms. The molecule has 0 aliphatic carbocycles. The molecular weight excluding hydrogens is 336 g/mol. The van der Waals surface area contributed by atoms with Gasteiger partial charge in [0.15, 0.2) is 0 Å². The summed E-state index contributed by atoms with van der Waals surface area (Å²) in [4.78, 5) is 37.6. The molecule has 0 saturated carbocycles. The molecule has 0 aromatic heterocycles. The Bertz CT molecular complexity index is 632. The molecule has 1 aromatic rings. The van der Waals surface area contributed by atoms with Gasteiger partial charge in [-0.3, -0.25) is 9.69 Å².